The molecule has 0 aliphatic rings. The van der Waals surface area contributed by atoms with E-state index in [0.29, 0.717) is 40.7 Å². The van der Waals surface area contributed by atoms with Crippen molar-refractivity contribution in [2.45, 2.75) is 13.3 Å². The number of ether oxygens (including phenoxy) is 1. The zero-order valence-electron chi connectivity index (χ0n) is 16.4. The molecule has 0 saturated carbocycles. The van der Waals surface area contributed by atoms with Gasteiger partial charge >= 0.3 is 0 Å². The molecule has 152 valence electrons. The van der Waals surface area contributed by atoms with Crippen LogP contribution < -0.4 is 15.6 Å². The smallest absolute Gasteiger partial charge is 0.260 e. The summed E-state index contributed by atoms with van der Waals surface area (Å²) in [6.45, 7) is 1.90. The molecule has 3 aromatic heterocycles. The second kappa shape index (κ2) is 8.08. The van der Waals surface area contributed by atoms with Crippen molar-refractivity contribution in [2.24, 2.45) is 0 Å². The lowest BCUT2D eigenvalue weighted by Crippen LogP contribution is -2.19. The Morgan fingerprint density at radius 3 is 2.80 bits per heavy atom. The van der Waals surface area contributed by atoms with Gasteiger partial charge in [0, 0.05) is 17.8 Å². The van der Waals surface area contributed by atoms with Crippen molar-refractivity contribution in [3.05, 3.63) is 76.4 Å². The van der Waals surface area contributed by atoms with Crippen LogP contribution >= 0.6 is 0 Å². The number of benzene rings is 1. The summed E-state index contributed by atoms with van der Waals surface area (Å²) in [7, 11) is 1.50. The molecule has 0 atom stereocenters. The highest BCUT2D eigenvalue weighted by Gasteiger charge is 2.19. The van der Waals surface area contributed by atoms with Gasteiger partial charge in [-0.2, -0.15) is 9.78 Å². The Bertz CT molecular complexity index is 1240. The Kier molecular flexibility index (Phi) is 5.17. The molecule has 1 aromatic carbocycles. The summed E-state index contributed by atoms with van der Waals surface area (Å²) in [4.78, 5) is 32.1. The summed E-state index contributed by atoms with van der Waals surface area (Å²) >= 11 is 0. The lowest BCUT2D eigenvalue weighted by Gasteiger charge is -2.10. The number of anilines is 1. The summed E-state index contributed by atoms with van der Waals surface area (Å²) in [6, 6.07) is 13.4. The largest absolute Gasteiger partial charge is 0.496 e. The molecule has 1 amide bonds. The molecule has 0 saturated heterocycles. The first-order valence-electron chi connectivity index (χ1n) is 9.28. The molecular formula is C21H19N5O4. The molecule has 9 heteroatoms. The van der Waals surface area contributed by atoms with Crippen LogP contribution in [0.5, 0.6) is 5.75 Å². The Balaban J connectivity index is 1.79. The van der Waals surface area contributed by atoms with Crippen molar-refractivity contribution in [3.8, 4) is 23.2 Å². The highest BCUT2D eigenvalue weighted by atomic mass is 16.5. The lowest BCUT2D eigenvalue weighted by atomic mass is 10.2. The van der Waals surface area contributed by atoms with Gasteiger partial charge in [-0.25, -0.2) is 4.98 Å². The molecule has 30 heavy (non-hydrogen) atoms. The molecule has 0 aliphatic carbocycles. The van der Waals surface area contributed by atoms with Crippen molar-refractivity contribution in [1.82, 2.24) is 19.7 Å². The van der Waals surface area contributed by atoms with Crippen molar-refractivity contribution in [3.63, 3.8) is 0 Å². The fourth-order valence-corrected chi connectivity index (χ4v) is 2.97. The third-order valence-corrected chi connectivity index (χ3v) is 4.42. The van der Waals surface area contributed by atoms with E-state index in [1.807, 2.05) is 6.92 Å². The molecule has 0 bridgehead atoms. The average Bonchev–Trinajstić information content (AvgIpc) is 3.43. The minimum atomic E-state index is -0.395. The summed E-state index contributed by atoms with van der Waals surface area (Å²) < 4.78 is 12.1. The van der Waals surface area contributed by atoms with Gasteiger partial charge < -0.3 is 14.5 Å². The number of aromatic nitrogens is 4. The van der Waals surface area contributed by atoms with Gasteiger partial charge in [-0.1, -0.05) is 19.1 Å². The van der Waals surface area contributed by atoms with Crippen LogP contribution in [0.3, 0.4) is 0 Å². The number of H-pyrrole nitrogens is 1. The van der Waals surface area contributed by atoms with E-state index in [2.05, 4.69) is 20.4 Å². The van der Waals surface area contributed by atoms with Gasteiger partial charge in [0.15, 0.2) is 5.76 Å². The Morgan fingerprint density at radius 1 is 1.23 bits per heavy atom. The van der Waals surface area contributed by atoms with Crippen LogP contribution in [0, 0.1) is 0 Å². The predicted octanol–water partition coefficient (Wildman–Crippen LogP) is 3.04. The van der Waals surface area contributed by atoms with Crippen molar-refractivity contribution in [1.29, 1.82) is 0 Å². The highest BCUT2D eigenvalue weighted by Crippen LogP contribution is 2.25. The normalized spacial score (nSPS) is 10.7. The van der Waals surface area contributed by atoms with E-state index in [1.165, 1.54) is 24.1 Å². The summed E-state index contributed by atoms with van der Waals surface area (Å²) in [5.74, 6) is 1.05. The van der Waals surface area contributed by atoms with Crippen molar-refractivity contribution >= 4 is 11.7 Å². The number of rotatable bonds is 6. The second-order valence-electron chi connectivity index (χ2n) is 6.37. The van der Waals surface area contributed by atoms with Gasteiger partial charge in [-0.05, 0) is 30.7 Å². The van der Waals surface area contributed by atoms with E-state index in [-0.39, 0.29) is 11.5 Å². The number of para-hydroxylation sites is 1. The fraction of sp³-hybridized carbons (Fsp3) is 0.143. The number of methoxy groups -OCH3 is 1. The van der Waals surface area contributed by atoms with Gasteiger partial charge in [0.25, 0.3) is 11.5 Å². The maximum Gasteiger partial charge on any atom is 0.260 e. The molecule has 4 aromatic rings. The fourth-order valence-electron chi connectivity index (χ4n) is 2.97. The molecular weight excluding hydrogens is 386 g/mol. The van der Waals surface area contributed by atoms with Gasteiger partial charge in [-0.3, -0.25) is 14.6 Å². The van der Waals surface area contributed by atoms with E-state index >= 15 is 0 Å². The van der Waals surface area contributed by atoms with Crippen LogP contribution in [0.4, 0.5) is 5.82 Å². The van der Waals surface area contributed by atoms with E-state index < -0.39 is 5.91 Å². The van der Waals surface area contributed by atoms with Gasteiger partial charge in [0.1, 0.15) is 17.3 Å². The predicted molar refractivity (Wildman–Crippen MR) is 110 cm³/mol. The highest BCUT2D eigenvalue weighted by molar-refractivity contribution is 6.06. The number of carbonyl (C=O) groups is 1. The molecule has 0 spiro atoms. The quantitative estimate of drug-likeness (QED) is 0.509. The number of hydrogen-bond acceptors (Lipinski definition) is 6. The monoisotopic (exact) mass is 405 g/mol. The topological polar surface area (TPSA) is 115 Å². The molecule has 0 radical (unpaired) electrons. The Hall–Kier alpha value is -4.14. The maximum atomic E-state index is 12.9. The first-order chi connectivity index (χ1) is 14.6. The molecule has 3 heterocycles. The molecule has 2 N–H and O–H groups in total. The molecule has 9 nitrogen and oxygen atoms in total. The zero-order chi connectivity index (χ0) is 21.1. The van der Waals surface area contributed by atoms with Crippen molar-refractivity contribution < 1.29 is 13.9 Å². The van der Waals surface area contributed by atoms with E-state index in [9.17, 15) is 9.59 Å². The van der Waals surface area contributed by atoms with Gasteiger partial charge in [-0.15, -0.1) is 0 Å². The molecule has 0 unspecified atom stereocenters. The first kappa shape index (κ1) is 19.2. The van der Waals surface area contributed by atoms with Gasteiger partial charge in [0.05, 0.1) is 18.9 Å². The summed E-state index contributed by atoms with van der Waals surface area (Å²) in [5, 5.41) is 7.29. The second-order valence-corrected chi connectivity index (χ2v) is 6.37. The van der Waals surface area contributed by atoms with E-state index in [0.717, 1.165) is 0 Å². The number of carbonyl (C=O) groups excluding carboxylic acids is 1. The number of amides is 1. The SMILES string of the molecule is CCc1cc(=O)[nH]c(-n2nc(-c3ccco3)cc2NC(=O)c2ccccc2OC)n1. The summed E-state index contributed by atoms with van der Waals surface area (Å²) in [5.41, 5.74) is 1.12. The minimum Gasteiger partial charge on any atom is -0.496 e. The average molecular weight is 405 g/mol. The van der Waals surface area contributed by atoms with E-state index in [4.69, 9.17) is 9.15 Å². The Morgan fingerprint density at radius 2 is 2.07 bits per heavy atom. The van der Waals surface area contributed by atoms with E-state index in [1.54, 1.807) is 42.5 Å². The molecule has 0 aliphatic heterocycles. The third kappa shape index (κ3) is 3.72. The van der Waals surface area contributed by atoms with Crippen LogP contribution in [-0.4, -0.2) is 32.8 Å². The number of aryl methyl sites for hydroxylation is 1. The standard InChI is InChI=1S/C21H19N5O4/c1-3-13-11-19(27)24-21(22-13)26-18(12-15(25-26)17-9-6-10-30-17)23-20(28)14-7-4-5-8-16(14)29-2/h4-12H,3H2,1-2H3,(H,23,28)(H,22,24,27). The number of aromatic amines is 1. The van der Waals surface area contributed by atoms with Crippen LogP contribution in [-0.2, 0) is 6.42 Å². The number of hydrogen-bond donors (Lipinski definition) is 2. The number of nitrogens with one attached hydrogen (secondary N) is 2. The van der Waals surface area contributed by atoms with Crippen molar-refractivity contribution in [2.75, 3.05) is 12.4 Å². The van der Waals surface area contributed by atoms with Crippen LogP contribution in [0.15, 0.2) is 64.0 Å². The van der Waals surface area contributed by atoms with Crippen LogP contribution in [0.2, 0.25) is 0 Å². The molecule has 4 rings (SSSR count). The lowest BCUT2D eigenvalue weighted by molar-refractivity contribution is 0.102. The molecule has 0 fully saturated rings. The van der Waals surface area contributed by atoms with Crippen LogP contribution in [0.25, 0.3) is 17.4 Å². The number of furan rings is 1. The van der Waals surface area contributed by atoms with Gasteiger partial charge in [0.2, 0.25) is 5.95 Å². The third-order valence-electron chi connectivity index (χ3n) is 4.42. The number of nitrogens with zero attached hydrogens (tertiary/aromatic N) is 3. The summed E-state index contributed by atoms with van der Waals surface area (Å²) in [6.07, 6.45) is 2.10. The minimum absolute atomic E-state index is 0.187. The Labute approximate surface area is 171 Å². The maximum absolute atomic E-state index is 12.9. The first-order valence-corrected chi connectivity index (χ1v) is 9.28. The van der Waals surface area contributed by atoms with Crippen LogP contribution in [0.1, 0.15) is 23.0 Å². The zero-order valence-corrected chi connectivity index (χ0v) is 16.4.